The molecule has 1 aliphatic heterocycles. The van der Waals surface area contributed by atoms with Crippen LogP contribution in [0.1, 0.15) is 12.0 Å². The lowest BCUT2D eigenvalue weighted by Crippen LogP contribution is -2.38. The minimum atomic E-state index is -0.464. The molecule has 8 nitrogen and oxygen atoms in total. The molecule has 0 bridgehead atoms. The van der Waals surface area contributed by atoms with Crippen LogP contribution in [0.2, 0.25) is 0 Å². The highest BCUT2D eigenvalue weighted by Gasteiger charge is 2.11. The third kappa shape index (κ3) is 5.23. The summed E-state index contributed by atoms with van der Waals surface area (Å²) in [6, 6.07) is 5.92. The van der Waals surface area contributed by atoms with Gasteiger partial charge >= 0.3 is 0 Å². The minimum absolute atomic E-state index is 0.0201. The minimum Gasteiger partial charge on any atom is -0.379 e. The van der Waals surface area contributed by atoms with Gasteiger partial charge in [0.05, 0.1) is 24.4 Å². The van der Waals surface area contributed by atoms with Crippen LogP contribution in [0.4, 0.5) is 5.69 Å². The van der Waals surface area contributed by atoms with Crippen LogP contribution in [-0.4, -0.2) is 54.8 Å². The van der Waals surface area contributed by atoms with Crippen molar-refractivity contribution in [1.82, 2.24) is 10.3 Å². The van der Waals surface area contributed by atoms with Crippen LogP contribution in [-0.2, 0) is 9.53 Å². The molecule has 22 heavy (non-hydrogen) atoms. The lowest BCUT2D eigenvalue weighted by atomic mass is 10.2. The molecule has 0 unspecified atom stereocenters. The number of morpholine rings is 1. The molecule has 0 aliphatic carbocycles. The Morgan fingerprint density at radius 3 is 2.68 bits per heavy atom. The molecule has 0 spiro atoms. The second-order valence-corrected chi connectivity index (χ2v) is 4.85. The van der Waals surface area contributed by atoms with E-state index in [2.05, 4.69) is 15.4 Å². The van der Waals surface area contributed by atoms with Crippen molar-refractivity contribution < 1.29 is 14.5 Å². The second-order valence-electron chi connectivity index (χ2n) is 4.85. The number of nitro groups is 1. The normalized spacial score (nSPS) is 15.8. The fraction of sp³-hybridized carbons (Fsp3) is 0.429. The van der Waals surface area contributed by atoms with E-state index in [1.54, 1.807) is 12.1 Å². The lowest BCUT2D eigenvalue weighted by Gasteiger charge is -2.25. The fourth-order valence-electron chi connectivity index (χ4n) is 2.00. The molecular formula is C14H18N4O4. The number of hydrogen-bond donors (Lipinski definition) is 1. The van der Waals surface area contributed by atoms with Crippen LogP contribution in [0, 0.1) is 10.1 Å². The SMILES string of the molecule is O=C(CCN1CCOCC1)N/N=C/c1ccc([N+](=O)[O-])cc1. The van der Waals surface area contributed by atoms with Crippen molar-refractivity contribution in [3.63, 3.8) is 0 Å². The topological polar surface area (TPSA) is 97.1 Å². The molecular weight excluding hydrogens is 288 g/mol. The number of hydrazone groups is 1. The number of carbonyl (C=O) groups is 1. The number of hydrogen-bond acceptors (Lipinski definition) is 6. The number of nitrogens with one attached hydrogen (secondary N) is 1. The predicted octanol–water partition coefficient (Wildman–Crippen LogP) is 0.767. The molecule has 0 aromatic heterocycles. The van der Waals surface area contributed by atoms with Crippen LogP contribution < -0.4 is 5.43 Å². The Morgan fingerprint density at radius 1 is 1.36 bits per heavy atom. The van der Waals surface area contributed by atoms with E-state index < -0.39 is 4.92 Å². The molecule has 1 aromatic rings. The molecule has 1 amide bonds. The standard InChI is InChI=1S/C14H18N4O4/c19-14(5-6-17-7-9-22-10-8-17)16-15-11-12-1-3-13(4-2-12)18(20)21/h1-4,11H,5-10H2,(H,16,19)/b15-11+. The maximum absolute atomic E-state index is 11.6. The lowest BCUT2D eigenvalue weighted by molar-refractivity contribution is -0.384. The summed E-state index contributed by atoms with van der Waals surface area (Å²) in [4.78, 5) is 23.9. The third-order valence-electron chi connectivity index (χ3n) is 3.27. The molecule has 0 saturated carbocycles. The largest absolute Gasteiger partial charge is 0.379 e. The average molecular weight is 306 g/mol. The van der Waals surface area contributed by atoms with E-state index in [0.29, 0.717) is 31.7 Å². The van der Waals surface area contributed by atoms with Gasteiger partial charge in [-0.05, 0) is 17.7 Å². The zero-order valence-corrected chi connectivity index (χ0v) is 12.1. The first-order chi connectivity index (χ1) is 10.6. The Bertz CT molecular complexity index is 538. The quantitative estimate of drug-likeness (QED) is 0.475. The van der Waals surface area contributed by atoms with Gasteiger partial charge in [0, 0.05) is 38.2 Å². The summed E-state index contributed by atoms with van der Waals surface area (Å²) in [7, 11) is 0. The maximum atomic E-state index is 11.6. The highest BCUT2D eigenvalue weighted by atomic mass is 16.6. The van der Waals surface area contributed by atoms with Crippen LogP contribution in [0.5, 0.6) is 0 Å². The fourth-order valence-corrected chi connectivity index (χ4v) is 2.00. The number of ether oxygens (including phenoxy) is 1. The van der Waals surface area contributed by atoms with E-state index in [4.69, 9.17) is 4.74 Å². The van der Waals surface area contributed by atoms with E-state index in [-0.39, 0.29) is 11.6 Å². The number of non-ortho nitro benzene ring substituents is 1. The molecule has 1 aromatic carbocycles. The highest BCUT2D eigenvalue weighted by molar-refractivity contribution is 5.82. The van der Waals surface area contributed by atoms with E-state index in [1.165, 1.54) is 18.3 Å². The first-order valence-electron chi connectivity index (χ1n) is 7.01. The van der Waals surface area contributed by atoms with Crippen molar-refractivity contribution in [3.8, 4) is 0 Å². The van der Waals surface area contributed by atoms with Gasteiger partial charge in [0.2, 0.25) is 5.91 Å². The van der Waals surface area contributed by atoms with Gasteiger partial charge in [-0.2, -0.15) is 5.10 Å². The summed E-state index contributed by atoms with van der Waals surface area (Å²) in [5, 5.41) is 14.4. The van der Waals surface area contributed by atoms with Crippen molar-refractivity contribution >= 4 is 17.8 Å². The van der Waals surface area contributed by atoms with Gasteiger partial charge in [-0.25, -0.2) is 5.43 Å². The van der Waals surface area contributed by atoms with Gasteiger partial charge in [0.1, 0.15) is 0 Å². The summed E-state index contributed by atoms with van der Waals surface area (Å²) in [6.45, 7) is 3.79. The van der Waals surface area contributed by atoms with Gasteiger partial charge in [-0.1, -0.05) is 0 Å². The summed E-state index contributed by atoms with van der Waals surface area (Å²) in [6.07, 6.45) is 1.83. The molecule has 1 fully saturated rings. The number of benzene rings is 1. The highest BCUT2D eigenvalue weighted by Crippen LogP contribution is 2.10. The Labute approximate surface area is 127 Å². The molecule has 1 N–H and O–H groups in total. The Balaban J connectivity index is 1.71. The van der Waals surface area contributed by atoms with Crippen molar-refractivity contribution in [2.45, 2.75) is 6.42 Å². The van der Waals surface area contributed by atoms with Crippen molar-refractivity contribution in [3.05, 3.63) is 39.9 Å². The molecule has 1 saturated heterocycles. The monoisotopic (exact) mass is 306 g/mol. The number of rotatable bonds is 6. The number of amides is 1. The van der Waals surface area contributed by atoms with Crippen LogP contribution in [0.25, 0.3) is 0 Å². The zero-order valence-electron chi connectivity index (χ0n) is 12.1. The van der Waals surface area contributed by atoms with Gasteiger partial charge in [-0.15, -0.1) is 0 Å². The van der Waals surface area contributed by atoms with E-state index >= 15 is 0 Å². The number of carbonyl (C=O) groups excluding carboxylic acids is 1. The summed E-state index contributed by atoms with van der Waals surface area (Å²) in [5.74, 6) is -0.162. The second kappa shape index (κ2) is 8.20. The first-order valence-corrected chi connectivity index (χ1v) is 7.01. The Hall–Kier alpha value is -2.32. The summed E-state index contributed by atoms with van der Waals surface area (Å²) >= 11 is 0. The molecule has 1 heterocycles. The Morgan fingerprint density at radius 2 is 2.05 bits per heavy atom. The first kappa shape index (κ1) is 16.1. The number of nitrogens with zero attached hydrogens (tertiary/aromatic N) is 3. The van der Waals surface area contributed by atoms with Crippen molar-refractivity contribution in [2.24, 2.45) is 5.10 Å². The maximum Gasteiger partial charge on any atom is 0.269 e. The third-order valence-corrected chi connectivity index (χ3v) is 3.27. The van der Waals surface area contributed by atoms with Gasteiger partial charge in [0.15, 0.2) is 0 Å². The average Bonchev–Trinajstić information content (AvgIpc) is 2.54. The molecule has 1 aliphatic rings. The summed E-state index contributed by atoms with van der Waals surface area (Å²) in [5.41, 5.74) is 3.15. The van der Waals surface area contributed by atoms with E-state index in [1.807, 2.05) is 0 Å². The van der Waals surface area contributed by atoms with Crippen LogP contribution >= 0.6 is 0 Å². The van der Waals surface area contributed by atoms with Gasteiger partial charge < -0.3 is 4.74 Å². The summed E-state index contributed by atoms with van der Waals surface area (Å²) < 4.78 is 5.24. The predicted molar refractivity (Wildman–Crippen MR) is 80.7 cm³/mol. The van der Waals surface area contributed by atoms with Crippen LogP contribution in [0.3, 0.4) is 0 Å². The molecule has 8 heteroatoms. The van der Waals surface area contributed by atoms with Crippen molar-refractivity contribution in [1.29, 1.82) is 0 Å². The zero-order chi connectivity index (χ0) is 15.8. The Kier molecular flexibility index (Phi) is 5.99. The van der Waals surface area contributed by atoms with Crippen molar-refractivity contribution in [2.75, 3.05) is 32.8 Å². The van der Waals surface area contributed by atoms with Gasteiger partial charge in [-0.3, -0.25) is 19.8 Å². The van der Waals surface area contributed by atoms with Crippen LogP contribution in [0.15, 0.2) is 29.4 Å². The molecule has 118 valence electrons. The molecule has 0 atom stereocenters. The van der Waals surface area contributed by atoms with Gasteiger partial charge in [0.25, 0.3) is 5.69 Å². The smallest absolute Gasteiger partial charge is 0.269 e. The van der Waals surface area contributed by atoms with E-state index in [9.17, 15) is 14.9 Å². The number of nitro benzene ring substituents is 1. The molecule has 0 radical (unpaired) electrons. The van der Waals surface area contributed by atoms with E-state index in [0.717, 1.165) is 13.1 Å². The molecule has 2 rings (SSSR count).